The highest BCUT2D eigenvalue weighted by atomic mass is 35.5. The van der Waals surface area contributed by atoms with Crippen LogP contribution in [0.15, 0.2) is 48.7 Å². The number of Topliss-reactive ketones (excluding diaryl/α,β-unsaturated/α-hetero) is 1. The number of halogens is 3. The van der Waals surface area contributed by atoms with Crippen LogP contribution in [0.2, 0.25) is 5.02 Å². The number of nitrogens with zero attached hydrogens (tertiary/aromatic N) is 2. The lowest BCUT2D eigenvalue weighted by Gasteiger charge is -2.37. The number of carbonyl (C=O) groups is 2. The first-order valence-electron chi connectivity index (χ1n) is 14.0. The van der Waals surface area contributed by atoms with Crippen molar-refractivity contribution in [2.24, 2.45) is 0 Å². The van der Waals surface area contributed by atoms with E-state index in [0.29, 0.717) is 23.9 Å². The molecule has 0 unspecified atom stereocenters. The molecule has 0 bridgehead atoms. The maximum Gasteiger partial charge on any atom is 0.266 e. The number of ketones is 1. The fraction of sp³-hybridized carbons (Fsp3) is 0.344. The molecule has 0 spiro atoms. The molecule has 0 saturated heterocycles. The number of rotatable bonds is 9. The zero-order valence-corrected chi connectivity index (χ0v) is 25.2. The number of aromatic nitrogens is 1. The number of fused-ring (bicyclic) bond motifs is 1. The van der Waals surface area contributed by atoms with Crippen molar-refractivity contribution in [1.82, 2.24) is 15.2 Å². The van der Waals surface area contributed by atoms with E-state index in [4.69, 9.17) is 16.3 Å². The molecule has 5 rings (SSSR count). The summed E-state index contributed by atoms with van der Waals surface area (Å²) in [4.78, 5) is 32.6. The zero-order chi connectivity index (χ0) is 30.0. The first-order valence-corrected chi connectivity index (χ1v) is 15.2. The third-order valence-electron chi connectivity index (χ3n) is 8.00. The SMILES string of the molecule is CCC(=O)c1cc(-c2ccc(OC)c(CN(C(=O)c3sc4c(F)ccc(F)c4c3Cl)C3CCC(NC)CC3)c2)ccn1. The highest BCUT2D eigenvalue weighted by Crippen LogP contribution is 2.40. The van der Waals surface area contributed by atoms with Crippen molar-refractivity contribution in [2.45, 2.75) is 57.7 Å². The maximum absolute atomic E-state index is 14.7. The molecule has 2 aromatic carbocycles. The van der Waals surface area contributed by atoms with Gasteiger partial charge >= 0.3 is 0 Å². The van der Waals surface area contributed by atoms with Gasteiger partial charge in [0.15, 0.2) is 5.78 Å². The summed E-state index contributed by atoms with van der Waals surface area (Å²) >= 11 is 7.44. The van der Waals surface area contributed by atoms with Crippen molar-refractivity contribution < 1.29 is 23.1 Å². The molecule has 1 aliphatic rings. The number of hydrogen-bond acceptors (Lipinski definition) is 6. The third kappa shape index (κ3) is 5.91. The summed E-state index contributed by atoms with van der Waals surface area (Å²) in [5.74, 6) is -1.11. The highest BCUT2D eigenvalue weighted by molar-refractivity contribution is 7.21. The fourth-order valence-corrected chi connectivity index (χ4v) is 7.12. The van der Waals surface area contributed by atoms with Crippen molar-refractivity contribution >= 4 is 44.7 Å². The lowest BCUT2D eigenvalue weighted by Crippen LogP contribution is -2.44. The normalized spacial score (nSPS) is 16.9. The molecule has 42 heavy (non-hydrogen) atoms. The minimum Gasteiger partial charge on any atom is -0.496 e. The van der Waals surface area contributed by atoms with Gasteiger partial charge in [-0.3, -0.25) is 14.6 Å². The Hall–Kier alpha value is -3.40. The predicted octanol–water partition coefficient (Wildman–Crippen LogP) is 7.67. The summed E-state index contributed by atoms with van der Waals surface area (Å²) in [6.07, 6.45) is 5.26. The molecule has 1 aliphatic carbocycles. The smallest absolute Gasteiger partial charge is 0.266 e. The number of carbonyl (C=O) groups excluding carboxylic acids is 2. The van der Waals surface area contributed by atoms with Crippen molar-refractivity contribution in [2.75, 3.05) is 14.2 Å². The number of amides is 1. The minimum absolute atomic E-state index is 0.0249. The van der Waals surface area contributed by atoms with Gasteiger partial charge in [-0.15, -0.1) is 11.3 Å². The van der Waals surface area contributed by atoms with E-state index in [-0.39, 0.29) is 44.3 Å². The topological polar surface area (TPSA) is 71.5 Å². The van der Waals surface area contributed by atoms with Gasteiger partial charge in [-0.25, -0.2) is 8.78 Å². The Morgan fingerprint density at radius 2 is 1.79 bits per heavy atom. The molecule has 220 valence electrons. The van der Waals surface area contributed by atoms with Gasteiger partial charge in [0.2, 0.25) is 0 Å². The number of benzene rings is 2. The molecule has 2 aromatic heterocycles. The van der Waals surface area contributed by atoms with Crippen LogP contribution in [-0.4, -0.2) is 47.8 Å². The second-order valence-electron chi connectivity index (χ2n) is 10.4. The van der Waals surface area contributed by atoms with Gasteiger partial charge < -0.3 is 15.0 Å². The Bertz CT molecular complexity index is 1640. The van der Waals surface area contributed by atoms with Gasteiger partial charge in [0.05, 0.1) is 22.2 Å². The van der Waals surface area contributed by atoms with E-state index in [0.717, 1.165) is 65.8 Å². The van der Waals surface area contributed by atoms with E-state index < -0.39 is 11.6 Å². The van der Waals surface area contributed by atoms with Gasteiger partial charge in [-0.05, 0) is 80.3 Å². The average Bonchev–Trinajstić information content (AvgIpc) is 3.39. The Labute approximate surface area is 252 Å². The van der Waals surface area contributed by atoms with Crippen LogP contribution in [0.4, 0.5) is 8.78 Å². The molecule has 0 atom stereocenters. The quantitative estimate of drug-likeness (QED) is 0.197. The molecule has 1 N–H and O–H groups in total. The van der Waals surface area contributed by atoms with Gasteiger partial charge in [0, 0.05) is 36.8 Å². The summed E-state index contributed by atoms with van der Waals surface area (Å²) in [6, 6.07) is 11.6. The van der Waals surface area contributed by atoms with Crippen LogP contribution in [0.1, 0.15) is 64.8 Å². The van der Waals surface area contributed by atoms with Gasteiger partial charge in [-0.2, -0.15) is 0 Å². The van der Waals surface area contributed by atoms with E-state index in [2.05, 4.69) is 10.3 Å². The van der Waals surface area contributed by atoms with Crippen molar-refractivity contribution in [3.8, 4) is 16.9 Å². The number of methoxy groups -OCH3 is 1. The van der Waals surface area contributed by atoms with Crippen LogP contribution in [-0.2, 0) is 6.54 Å². The molecule has 4 aromatic rings. The van der Waals surface area contributed by atoms with Gasteiger partial charge in [0.25, 0.3) is 5.91 Å². The Balaban J connectivity index is 1.56. The standard InChI is InChI=1S/C32H32ClF2N3O3S/c1-4-26(39)25-16-19(13-14-37-25)18-5-12-27(41-3)20(15-18)17-38(22-8-6-21(36-2)7-9-22)32(40)31-29(33)28-23(34)10-11-24(35)30(28)42-31/h5,10-16,21-22,36H,4,6-9,17H2,1-3H3. The molecule has 1 saturated carbocycles. The van der Waals surface area contributed by atoms with Crippen LogP contribution in [0, 0.1) is 11.6 Å². The molecular formula is C32H32ClF2N3O3S. The summed E-state index contributed by atoms with van der Waals surface area (Å²) < 4.78 is 35.0. The van der Waals surface area contributed by atoms with Crippen molar-refractivity contribution in [1.29, 1.82) is 0 Å². The Morgan fingerprint density at radius 1 is 1.07 bits per heavy atom. The van der Waals surface area contributed by atoms with Crippen molar-refractivity contribution in [3.05, 3.63) is 81.5 Å². The van der Waals surface area contributed by atoms with Gasteiger partial charge in [0.1, 0.15) is 28.0 Å². The predicted molar refractivity (Wildman–Crippen MR) is 163 cm³/mol. The van der Waals surface area contributed by atoms with E-state index in [1.807, 2.05) is 31.3 Å². The largest absolute Gasteiger partial charge is 0.496 e. The van der Waals surface area contributed by atoms with Crippen molar-refractivity contribution in [3.63, 3.8) is 0 Å². The molecule has 0 radical (unpaired) electrons. The number of nitrogens with one attached hydrogen (secondary N) is 1. The number of pyridine rings is 1. The molecule has 6 nitrogen and oxygen atoms in total. The van der Waals surface area contributed by atoms with E-state index in [1.54, 1.807) is 31.2 Å². The first kappa shape index (κ1) is 30.1. The second kappa shape index (κ2) is 12.9. The highest BCUT2D eigenvalue weighted by Gasteiger charge is 2.33. The molecule has 1 fully saturated rings. The molecular weight excluding hydrogens is 580 g/mol. The second-order valence-corrected chi connectivity index (χ2v) is 11.8. The molecule has 2 heterocycles. The lowest BCUT2D eigenvalue weighted by atomic mass is 9.89. The van der Waals surface area contributed by atoms with Crippen LogP contribution in [0.25, 0.3) is 21.2 Å². The average molecular weight is 612 g/mol. The monoisotopic (exact) mass is 611 g/mol. The van der Waals surface area contributed by atoms with E-state index >= 15 is 0 Å². The number of hydrogen-bond donors (Lipinski definition) is 1. The van der Waals surface area contributed by atoms with Crippen LogP contribution >= 0.6 is 22.9 Å². The maximum atomic E-state index is 14.7. The third-order valence-corrected chi connectivity index (χ3v) is 9.68. The minimum atomic E-state index is -0.666. The van der Waals surface area contributed by atoms with E-state index in [1.165, 1.54) is 0 Å². The molecule has 0 aliphatic heterocycles. The van der Waals surface area contributed by atoms with Gasteiger partial charge in [-0.1, -0.05) is 24.6 Å². The summed E-state index contributed by atoms with van der Waals surface area (Å²) in [5, 5.41) is 3.18. The number of ether oxygens (including phenoxy) is 1. The Morgan fingerprint density at radius 3 is 2.45 bits per heavy atom. The van der Waals surface area contributed by atoms with Crippen LogP contribution in [0.3, 0.4) is 0 Å². The molecule has 1 amide bonds. The summed E-state index contributed by atoms with van der Waals surface area (Å²) in [5.41, 5.74) is 2.81. The number of thiophene rings is 1. The molecule has 10 heteroatoms. The summed E-state index contributed by atoms with van der Waals surface area (Å²) in [7, 11) is 3.50. The lowest BCUT2D eigenvalue weighted by molar-refractivity contribution is 0.0604. The zero-order valence-electron chi connectivity index (χ0n) is 23.7. The summed E-state index contributed by atoms with van der Waals surface area (Å²) in [6.45, 7) is 2.00. The van der Waals surface area contributed by atoms with E-state index in [9.17, 15) is 18.4 Å². The first-order chi connectivity index (χ1) is 20.2. The fourth-order valence-electron chi connectivity index (χ4n) is 5.62. The Kier molecular flexibility index (Phi) is 9.20. The van der Waals surface area contributed by atoms with Crippen LogP contribution in [0.5, 0.6) is 5.75 Å². The van der Waals surface area contributed by atoms with Crippen LogP contribution < -0.4 is 10.1 Å².